The summed E-state index contributed by atoms with van der Waals surface area (Å²) >= 11 is 0. The highest BCUT2D eigenvalue weighted by molar-refractivity contribution is 6.05. The van der Waals surface area contributed by atoms with Crippen molar-refractivity contribution in [3.05, 3.63) is 53.6 Å². The lowest BCUT2D eigenvalue weighted by molar-refractivity contribution is -0.114. The fraction of sp³-hybridized carbons (Fsp3) is 0.125. The number of amides is 2. The molecule has 0 spiro atoms. The molecule has 0 fully saturated rings. The molecule has 4 N–H and O–H groups in total. The summed E-state index contributed by atoms with van der Waals surface area (Å²) < 4.78 is 0. The van der Waals surface area contributed by atoms with Crippen LogP contribution in [0.4, 0.5) is 17.1 Å². The minimum Gasteiger partial charge on any atom is -0.399 e. The Kier molecular flexibility index (Phi) is 4.23. The molecular formula is C16H17N3O2. The second kappa shape index (κ2) is 6.09. The van der Waals surface area contributed by atoms with E-state index in [2.05, 4.69) is 10.6 Å². The van der Waals surface area contributed by atoms with Crippen LogP contribution >= 0.6 is 0 Å². The van der Waals surface area contributed by atoms with Crippen molar-refractivity contribution in [2.45, 2.75) is 13.8 Å². The topological polar surface area (TPSA) is 84.2 Å². The first-order chi connectivity index (χ1) is 9.95. The number of nitrogen functional groups attached to an aromatic ring is 1. The zero-order valence-corrected chi connectivity index (χ0v) is 11.9. The van der Waals surface area contributed by atoms with Gasteiger partial charge in [-0.2, -0.15) is 0 Å². The lowest BCUT2D eigenvalue weighted by Crippen LogP contribution is -2.13. The van der Waals surface area contributed by atoms with Gasteiger partial charge in [0.25, 0.3) is 5.91 Å². The quantitative estimate of drug-likeness (QED) is 0.757. The molecule has 0 aromatic heterocycles. The zero-order chi connectivity index (χ0) is 15.4. The number of carbonyl (C=O) groups excluding carboxylic acids is 2. The van der Waals surface area contributed by atoms with Crippen LogP contribution in [0.15, 0.2) is 42.5 Å². The second-order valence-corrected chi connectivity index (χ2v) is 4.79. The molecule has 0 unspecified atom stereocenters. The Morgan fingerprint density at radius 3 is 2.48 bits per heavy atom. The number of carbonyl (C=O) groups is 2. The zero-order valence-electron chi connectivity index (χ0n) is 11.9. The van der Waals surface area contributed by atoms with E-state index in [1.807, 2.05) is 13.0 Å². The van der Waals surface area contributed by atoms with Gasteiger partial charge in [-0.05, 0) is 42.8 Å². The Morgan fingerprint density at radius 1 is 1.05 bits per heavy atom. The van der Waals surface area contributed by atoms with Gasteiger partial charge >= 0.3 is 0 Å². The molecule has 5 nitrogen and oxygen atoms in total. The minimum absolute atomic E-state index is 0.160. The van der Waals surface area contributed by atoms with Crippen molar-refractivity contribution in [2.24, 2.45) is 0 Å². The van der Waals surface area contributed by atoms with Gasteiger partial charge in [-0.25, -0.2) is 0 Å². The van der Waals surface area contributed by atoms with Crippen molar-refractivity contribution in [2.75, 3.05) is 16.4 Å². The normalized spacial score (nSPS) is 10.0. The molecule has 2 aromatic carbocycles. The van der Waals surface area contributed by atoms with Crippen molar-refractivity contribution in [1.82, 2.24) is 0 Å². The number of aryl methyl sites for hydroxylation is 1. The van der Waals surface area contributed by atoms with Crippen LogP contribution < -0.4 is 16.4 Å². The Labute approximate surface area is 123 Å². The number of anilines is 3. The minimum atomic E-state index is -0.245. The fourth-order valence-corrected chi connectivity index (χ4v) is 1.91. The van der Waals surface area contributed by atoms with Crippen LogP contribution in [0, 0.1) is 6.92 Å². The lowest BCUT2D eigenvalue weighted by atomic mass is 10.1. The van der Waals surface area contributed by atoms with Crippen molar-refractivity contribution in [3.8, 4) is 0 Å². The van der Waals surface area contributed by atoms with Gasteiger partial charge in [0.1, 0.15) is 0 Å². The monoisotopic (exact) mass is 283 g/mol. The van der Waals surface area contributed by atoms with Gasteiger partial charge in [0.2, 0.25) is 5.91 Å². The lowest BCUT2D eigenvalue weighted by Gasteiger charge is -2.11. The molecule has 2 rings (SSSR count). The van der Waals surface area contributed by atoms with E-state index in [9.17, 15) is 9.59 Å². The van der Waals surface area contributed by atoms with Crippen molar-refractivity contribution < 1.29 is 9.59 Å². The Balaban J connectivity index is 2.22. The predicted molar refractivity (Wildman–Crippen MR) is 84.3 cm³/mol. The van der Waals surface area contributed by atoms with Crippen LogP contribution in [0.25, 0.3) is 0 Å². The highest BCUT2D eigenvalue weighted by Crippen LogP contribution is 2.21. The van der Waals surface area contributed by atoms with Gasteiger partial charge in [-0.1, -0.05) is 12.1 Å². The van der Waals surface area contributed by atoms with E-state index in [0.717, 1.165) is 5.56 Å². The molecule has 5 heteroatoms. The smallest absolute Gasteiger partial charge is 0.255 e. The predicted octanol–water partition coefficient (Wildman–Crippen LogP) is 2.79. The fourth-order valence-electron chi connectivity index (χ4n) is 1.91. The van der Waals surface area contributed by atoms with Crippen LogP contribution in [0.3, 0.4) is 0 Å². The van der Waals surface area contributed by atoms with Gasteiger partial charge < -0.3 is 16.4 Å². The highest BCUT2D eigenvalue weighted by atomic mass is 16.2. The van der Waals surface area contributed by atoms with Crippen LogP contribution in [-0.4, -0.2) is 11.8 Å². The maximum absolute atomic E-state index is 12.2. The summed E-state index contributed by atoms with van der Waals surface area (Å²) in [5.41, 5.74) is 8.88. The molecule has 0 heterocycles. The van der Waals surface area contributed by atoms with E-state index < -0.39 is 0 Å². The average Bonchev–Trinajstić information content (AvgIpc) is 2.42. The first kappa shape index (κ1) is 14.6. The number of rotatable bonds is 3. The summed E-state index contributed by atoms with van der Waals surface area (Å²) in [5, 5.41) is 5.51. The number of hydrogen-bond acceptors (Lipinski definition) is 3. The molecule has 2 aromatic rings. The summed E-state index contributed by atoms with van der Waals surface area (Å²) in [4.78, 5) is 23.3. The molecule has 0 saturated heterocycles. The number of nitrogens with two attached hydrogens (primary N) is 1. The third kappa shape index (κ3) is 3.82. The van der Waals surface area contributed by atoms with Gasteiger partial charge in [0.15, 0.2) is 0 Å². The van der Waals surface area contributed by atoms with E-state index in [-0.39, 0.29) is 11.8 Å². The maximum atomic E-state index is 12.2. The number of benzene rings is 2. The highest BCUT2D eigenvalue weighted by Gasteiger charge is 2.09. The Hall–Kier alpha value is -2.82. The molecule has 0 aliphatic heterocycles. The molecule has 0 atom stereocenters. The number of hydrogen-bond donors (Lipinski definition) is 3. The van der Waals surface area contributed by atoms with Crippen LogP contribution in [-0.2, 0) is 4.79 Å². The van der Waals surface area contributed by atoms with E-state index in [0.29, 0.717) is 22.6 Å². The molecule has 0 bridgehead atoms. The van der Waals surface area contributed by atoms with Crippen molar-refractivity contribution in [1.29, 1.82) is 0 Å². The van der Waals surface area contributed by atoms with Gasteiger partial charge in [0, 0.05) is 29.5 Å². The van der Waals surface area contributed by atoms with Gasteiger partial charge in [0.05, 0.1) is 0 Å². The largest absolute Gasteiger partial charge is 0.399 e. The van der Waals surface area contributed by atoms with Crippen molar-refractivity contribution in [3.63, 3.8) is 0 Å². The molecule has 0 saturated carbocycles. The second-order valence-electron chi connectivity index (χ2n) is 4.79. The first-order valence-corrected chi connectivity index (χ1v) is 6.51. The van der Waals surface area contributed by atoms with E-state index >= 15 is 0 Å². The van der Waals surface area contributed by atoms with Gasteiger partial charge in [-0.3, -0.25) is 9.59 Å². The molecule has 0 aliphatic carbocycles. The SMILES string of the molecule is CC(=O)Nc1ccc(C)c(NC(=O)c2cccc(N)c2)c1. The molecular weight excluding hydrogens is 266 g/mol. The van der Waals surface area contributed by atoms with Crippen LogP contribution in [0.2, 0.25) is 0 Å². The summed E-state index contributed by atoms with van der Waals surface area (Å²) in [7, 11) is 0. The summed E-state index contributed by atoms with van der Waals surface area (Å²) in [5.74, 6) is -0.405. The maximum Gasteiger partial charge on any atom is 0.255 e. The van der Waals surface area contributed by atoms with Gasteiger partial charge in [-0.15, -0.1) is 0 Å². The van der Waals surface area contributed by atoms with Crippen LogP contribution in [0.5, 0.6) is 0 Å². The average molecular weight is 283 g/mol. The molecule has 0 radical (unpaired) electrons. The summed E-state index contributed by atoms with van der Waals surface area (Å²) in [6, 6.07) is 12.1. The molecule has 2 amide bonds. The van der Waals surface area contributed by atoms with E-state index in [4.69, 9.17) is 5.73 Å². The molecule has 21 heavy (non-hydrogen) atoms. The van der Waals surface area contributed by atoms with Crippen LogP contribution in [0.1, 0.15) is 22.8 Å². The number of nitrogens with one attached hydrogen (secondary N) is 2. The molecule has 108 valence electrons. The van der Waals surface area contributed by atoms with Crippen molar-refractivity contribution >= 4 is 28.9 Å². The third-order valence-corrected chi connectivity index (χ3v) is 2.95. The molecule has 0 aliphatic rings. The summed E-state index contributed by atoms with van der Waals surface area (Å²) in [6.45, 7) is 3.32. The third-order valence-electron chi connectivity index (χ3n) is 2.95. The Morgan fingerprint density at radius 2 is 1.81 bits per heavy atom. The first-order valence-electron chi connectivity index (χ1n) is 6.51. The van der Waals surface area contributed by atoms with E-state index in [1.165, 1.54) is 6.92 Å². The standard InChI is InChI=1S/C16H17N3O2/c1-10-6-7-14(18-11(2)20)9-15(10)19-16(21)12-4-3-5-13(17)8-12/h3-9H,17H2,1-2H3,(H,18,20)(H,19,21). The Bertz CT molecular complexity index is 696. The summed E-state index contributed by atoms with van der Waals surface area (Å²) in [6.07, 6.45) is 0. The van der Waals surface area contributed by atoms with E-state index in [1.54, 1.807) is 36.4 Å².